The summed E-state index contributed by atoms with van der Waals surface area (Å²) in [7, 11) is 0. The number of aryl methyl sites for hydroxylation is 3. The van der Waals surface area contributed by atoms with Crippen LogP contribution < -0.4 is 5.32 Å². The molecule has 25 heavy (non-hydrogen) atoms. The summed E-state index contributed by atoms with van der Waals surface area (Å²) in [6, 6.07) is 4.47. The molecular weight excluding hydrogens is 318 g/mol. The molecule has 0 saturated carbocycles. The number of carbonyl (C=O) groups is 2. The molecule has 1 fully saturated rings. The van der Waals surface area contributed by atoms with Crippen LogP contribution in [0, 0.1) is 0 Å². The number of fused-ring (bicyclic) bond motifs is 1. The lowest BCUT2D eigenvalue weighted by molar-refractivity contribution is -0.139. The molecule has 2 aliphatic rings. The lowest BCUT2D eigenvalue weighted by Crippen LogP contribution is -2.60. The lowest BCUT2D eigenvalue weighted by Gasteiger charge is -2.38. The van der Waals surface area contributed by atoms with E-state index in [0.29, 0.717) is 19.5 Å². The van der Waals surface area contributed by atoms with Crippen LogP contribution in [0.5, 0.6) is 0 Å². The Balaban J connectivity index is 1.30. The Morgan fingerprint density at radius 2 is 2.00 bits per heavy atom. The van der Waals surface area contributed by atoms with Gasteiger partial charge >= 0.3 is 5.97 Å². The van der Waals surface area contributed by atoms with Gasteiger partial charge in [0.1, 0.15) is 0 Å². The molecular formula is C19H27N3O3. The molecule has 6 nitrogen and oxygen atoms in total. The molecule has 136 valence electrons. The summed E-state index contributed by atoms with van der Waals surface area (Å²) in [5.74, 6) is -0.751. The number of hydrogen-bond acceptors (Lipinski definition) is 4. The van der Waals surface area contributed by atoms with Crippen LogP contribution in [0.15, 0.2) is 12.1 Å². The van der Waals surface area contributed by atoms with Gasteiger partial charge in [-0.3, -0.25) is 19.5 Å². The van der Waals surface area contributed by atoms with Crippen LogP contribution in [0.1, 0.15) is 49.1 Å². The zero-order valence-electron chi connectivity index (χ0n) is 14.7. The molecule has 1 aromatic rings. The molecule has 3 rings (SSSR count). The highest BCUT2D eigenvalue weighted by Crippen LogP contribution is 2.20. The Morgan fingerprint density at radius 3 is 2.80 bits per heavy atom. The van der Waals surface area contributed by atoms with Gasteiger partial charge in [-0.25, -0.2) is 0 Å². The molecule has 6 heteroatoms. The molecule has 2 heterocycles. The van der Waals surface area contributed by atoms with E-state index in [-0.39, 0.29) is 18.5 Å². The van der Waals surface area contributed by atoms with Gasteiger partial charge in [-0.1, -0.05) is 6.07 Å². The highest BCUT2D eigenvalue weighted by molar-refractivity contribution is 5.76. The highest BCUT2D eigenvalue weighted by atomic mass is 16.4. The quantitative estimate of drug-likeness (QED) is 0.699. The number of carboxylic acid groups (broad SMARTS) is 1. The molecule has 1 saturated heterocycles. The Kier molecular flexibility index (Phi) is 6.02. The van der Waals surface area contributed by atoms with Crippen molar-refractivity contribution in [3.05, 3.63) is 29.1 Å². The van der Waals surface area contributed by atoms with E-state index >= 15 is 0 Å². The summed E-state index contributed by atoms with van der Waals surface area (Å²) >= 11 is 0. The number of rotatable bonds is 8. The molecule has 1 aliphatic carbocycles. The first-order chi connectivity index (χ1) is 12.1. The smallest absolute Gasteiger partial charge is 0.317 e. The van der Waals surface area contributed by atoms with E-state index in [2.05, 4.69) is 17.4 Å². The van der Waals surface area contributed by atoms with E-state index < -0.39 is 5.97 Å². The first kappa shape index (κ1) is 17.9. The van der Waals surface area contributed by atoms with Gasteiger partial charge < -0.3 is 10.4 Å². The number of unbranched alkanes of at least 4 members (excludes halogenated alkanes) is 1. The van der Waals surface area contributed by atoms with Gasteiger partial charge in [0.25, 0.3) is 0 Å². The number of nitrogens with one attached hydrogen (secondary N) is 1. The van der Waals surface area contributed by atoms with Crippen LogP contribution in [-0.2, 0) is 28.9 Å². The Bertz CT molecular complexity index is 626. The van der Waals surface area contributed by atoms with Crippen molar-refractivity contribution < 1.29 is 14.7 Å². The molecule has 0 aromatic carbocycles. The third-order valence-corrected chi connectivity index (χ3v) is 5.00. The molecule has 1 amide bonds. The third-order valence-electron chi connectivity index (χ3n) is 5.00. The minimum Gasteiger partial charge on any atom is -0.480 e. The van der Waals surface area contributed by atoms with Crippen LogP contribution in [0.2, 0.25) is 0 Å². The minimum absolute atomic E-state index is 0.0557. The number of pyridine rings is 1. The third kappa shape index (κ3) is 5.26. The van der Waals surface area contributed by atoms with Crippen molar-refractivity contribution >= 4 is 11.9 Å². The van der Waals surface area contributed by atoms with Gasteiger partial charge in [0.2, 0.25) is 5.91 Å². The van der Waals surface area contributed by atoms with E-state index in [9.17, 15) is 9.59 Å². The van der Waals surface area contributed by atoms with Crippen molar-refractivity contribution in [1.29, 1.82) is 0 Å². The maximum atomic E-state index is 11.9. The zero-order valence-corrected chi connectivity index (χ0v) is 14.7. The number of nitrogens with zero attached hydrogens (tertiary/aromatic N) is 2. The normalized spacial score (nSPS) is 17.6. The molecule has 0 atom stereocenters. The first-order valence-corrected chi connectivity index (χ1v) is 9.31. The zero-order chi connectivity index (χ0) is 17.6. The van der Waals surface area contributed by atoms with Crippen molar-refractivity contribution in [2.24, 2.45) is 0 Å². The number of carbonyl (C=O) groups excluding carboxylic acids is 1. The van der Waals surface area contributed by atoms with Crippen LogP contribution in [0.25, 0.3) is 0 Å². The number of likely N-dealkylation sites (tertiary alicyclic amines) is 1. The second-order valence-electron chi connectivity index (χ2n) is 7.17. The molecule has 1 aromatic heterocycles. The summed E-state index contributed by atoms with van der Waals surface area (Å²) in [4.78, 5) is 29.1. The van der Waals surface area contributed by atoms with Gasteiger partial charge in [-0.05, 0) is 56.6 Å². The van der Waals surface area contributed by atoms with Crippen molar-refractivity contribution in [2.45, 2.75) is 57.4 Å². The fourth-order valence-electron chi connectivity index (χ4n) is 3.64. The first-order valence-electron chi connectivity index (χ1n) is 9.31. The van der Waals surface area contributed by atoms with Gasteiger partial charge in [0, 0.05) is 30.9 Å². The fraction of sp³-hybridized carbons (Fsp3) is 0.632. The highest BCUT2D eigenvalue weighted by Gasteiger charge is 2.28. The SMILES string of the molecule is O=C(O)CN1CC(NC(=O)CCCCc2ccc3c(n2)CCCC3)C1. The summed E-state index contributed by atoms with van der Waals surface area (Å²) < 4.78 is 0. The Hall–Kier alpha value is -1.95. The molecule has 1 aliphatic heterocycles. The van der Waals surface area contributed by atoms with Crippen LogP contribution in [0.4, 0.5) is 0 Å². The van der Waals surface area contributed by atoms with Crippen molar-refractivity contribution in [2.75, 3.05) is 19.6 Å². The standard InChI is InChI=1S/C19H27N3O3/c23-18(21-16-11-22(12-16)13-19(24)25)8-4-2-6-15-10-9-14-5-1-3-7-17(14)20-15/h9-10,16H,1-8,11-13H2,(H,21,23)(H,24,25). The number of aliphatic carboxylic acids is 1. The average molecular weight is 345 g/mol. The topological polar surface area (TPSA) is 82.5 Å². The van der Waals surface area contributed by atoms with Crippen LogP contribution in [-0.4, -0.2) is 52.5 Å². The van der Waals surface area contributed by atoms with Gasteiger partial charge in [-0.2, -0.15) is 0 Å². The summed E-state index contributed by atoms with van der Waals surface area (Å²) in [5, 5.41) is 11.7. The van der Waals surface area contributed by atoms with Gasteiger partial charge in [0.05, 0.1) is 12.6 Å². The number of aromatic nitrogens is 1. The van der Waals surface area contributed by atoms with E-state index in [1.54, 1.807) is 0 Å². The summed E-state index contributed by atoms with van der Waals surface area (Å²) in [6.07, 6.45) is 8.06. The second-order valence-corrected chi connectivity index (χ2v) is 7.17. The number of hydrogen-bond donors (Lipinski definition) is 2. The second kappa shape index (κ2) is 8.43. The molecule has 2 N–H and O–H groups in total. The monoisotopic (exact) mass is 345 g/mol. The lowest BCUT2D eigenvalue weighted by atomic mass is 9.95. The van der Waals surface area contributed by atoms with Crippen molar-refractivity contribution in [3.8, 4) is 0 Å². The maximum Gasteiger partial charge on any atom is 0.317 e. The molecule has 0 unspecified atom stereocenters. The Labute approximate surface area is 148 Å². The van der Waals surface area contributed by atoms with E-state index in [1.165, 1.54) is 24.1 Å². The Morgan fingerprint density at radius 1 is 1.20 bits per heavy atom. The largest absolute Gasteiger partial charge is 0.480 e. The summed E-state index contributed by atoms with van der Waals surface area (Å²) in [5.41, 5.74) is 3.83. The van der Waals surface area contributed by atoms with Crippen LogP contribution >= 0.6 is 0 Å². The van der Waals surface area contributed by atoms with E-state index in [4.69, 9.17) is 10.1 Å². The molecule has 0 bridgehead atoms. The van der Waals surface area contributed by atoms with Gasteiger partial charge in [0.15, 0.2) is 0 Å². The number of amides is 1. The minimum atomic E-state index is -0.819. The molecule has 0 spiro atoms. The maximum absolute atomic E-state index is 11.9. The van der Waals surface area contributed by atoms with E-state index in [1.807, 2.05) is 4.90 Å². The summed E-state index contributed by atoms with van der Waals surface area (Å²) in [6.45, 7) is 1.33. The average Bonchev–Trinajstić information content (AvgIpc) is 2.56. The van der Waals surface area contributed by atoms with Crippen LogP contribution in [0.3, 0.4) is 0 Å². The van der Waals surface area contributed by atoms with Gasteiger partial charge in [-0.15, -0.1) is 0 Å². The number of carboxylic acids is 1. The predicted molar refractivity (Wildman–Crippen MR) is 94.4 cm³/mol. The van der Waals surface area contributed by atoms with E-state index in [0.717, 1.165) is 37.8 Å². The van der Waals surface area contributed by atoms with Crippen molar-refractivity contribution in [3.63, 3.8) is 0 Å². The molecule has 0 radical (unpaired) electrons. The fourth-order valence-corrected chi connectivity index (χ4v) is 3.64. The predicted octanol–water partition coefficient (Wildman–Crippen LogP) is 1.56. The van der Waals surface area contributed by atoms with Crippen molar-refractivity contribution in [1.82, 2.24) is 15.2 Å².